The van der Waals surface area contributed by atoms with Crippen molar-refractivity contribution in [1.29, 1.82) is 0 Å². The summed E-state index contributed by atoms with van der Waals surface area (Å²) in [7, 11) is 0. The van der Waals surface area contributed by atoms with E-state index < -0.39 is 0 Å². The van der Waals surface area contributed by atoms with E-state index in [0.717, 1.165) is 28.8 Å². The zero-order valence-corrected chi connectivity index (χ0v) is 9.77. The number of benzene rings is 1. The van der Waals surface area contributed by atoms with Crippen LogP contribution in [-0.4, -0.2) is 13.1 Å². The third kappa shape index (κ3) is 1.78. The standard InChI is InChI=1S/C11H13BrFN/c1-8-10(13)6-9(12)7-11(8)14-4-2-3-5-14/h6-7H,2-5H2,1H3. The lowest BCUT2D eigenvalue weighted by atomic mass is 10.2. The van der Waals surface area contributed by atoms with Crippen LogP contribution in [-0.2, 0) is 0 Å². The van der Waals surface area contributed by atoms with E-state index in [4.69, 9.17) is 0 Å². The summed E-state index contributed by atoms with van der Waals surface area (Å²) >= 11 is 3.33. The SMILES string of the molecule is Cc1c(F)cc(Br)cc1N1CCCC1. The van der Waals surface area contributed by atoms with Crippen molar-refractivity contribution in [3.63, 3.8) is 0 Å². The Labute approximate surface area is 92.0 Å². The fraction of sp³-hybridized carbons (Fsp3) is 0.455. The first-order valence-electron chi connectivity index (χ1n) is 4.89. The quantitative estimate of drug-likeness (QED) is 0.745. The molecule has 0 saturated carbocycles. The lowest BCUT2D eigenvalue weighted by Gasteiger charge is -2.20. The summed E-state index contributed by atoms with van der Waals surface area (Å²) in [5.41, 5.74) is 1.80. The molecule has 1 fully saturated rings. The Morgan fingerprint density at radius 3 is 2.57 bits per heavy atom. The van der Waals surface area contributed by atoms with Crippen molar-refractivity contribution in [3.05, 3.63) is 28.0 Å². The van der Waals surface area contributed by atoms with Gasteiger partial charge >= 0.3 is 0 Å². The monoisotopic (exact) mass is 257 g/mol. The Morgan fingerprint density at radius 2 is 1.93 bits per heavy atom. The molecular weight excluding hydrogens is 245 g/mol. The second-order valence-electron chi connectivity index (χ2n) is 3.73. The number of hydrogen-bond donors (Lipinski definition) is 0. The highest BCUT2D eigenvalue weighted by Crippen LogP contribution is 2.29. The Morgan fingerprint density at radius 1 is 1.29 bits per heavy atom. The maximum atomic E-state index is 13.4. The van der Waals surface area contributed by atoms with Crippen molar-refractivity contribution < 1.29 is 4.39 Å². The average molecular weight is 258 g/mol. The van der Waals surface area contributed by atoms with Crippen molar-refractivity contribution in [2.45, 2.75) is 19.8 Å². The molecule has 1 saturated heterocycles. The third-order valence-electron chi connectivity index (χ3n) is 2.73. The predicted octanol–water partition coefficient (Wildman–Crippen LogP) is 3.50. The first kappa shape index (κ1) is 9.97. The summed E-state index contributed by atoms with van der Waals surface area (Å²) < 4.78 is 14.3. The molecule has 1 aromatic rings. The van der Waals surface area contributed by atoms with Gasteiger partial charge in [0.25, 0.3) is 0 Å². The van der Waals surface area contributed by atoms with Crippen LogP contribution in [0, 0.1) is 12.7 Å². The Bertz CT molecular complexity index is 345. The van der Waals surface area contributed by atoms with E-state index in [1.807, 2.05) is 13.0 Å². The minimum Gasteiger partial charge on any atom is -0.371 e. The van der Waals surface area contributed by atoms with E-state index in [-0.39, 0.29) is 5.82 Å². The lowest BCUT2D eigenvalue weighted by molar-refractivity contribution is 0.617. The van der Waals surface area contributed by atoms with Crippen LogP contribution in [0.4, 0.5) is 10.1 Å². The Balaban J connectivity index is 2.40. The van der Waals surface area contributed by atoms with Crippen LogP contribution < -0.4 is 4.90 Å². The van der Waals surface area contributed by atoms with Gasteiger partial charge in [0.2, 0.25) is 0 Å². The molecule has 0 spiro atoms. The summed E-state index contributed by atoms with van der Waals surface area (Å²) in [6.07, 6.45) is 2.43. The minimum absolute atomic E-state index is 0.124. The van der Waals surface area contributed by atoms with Crippen LogP contribution in [0.15, 0.2) is 16.6 Å². The second-order valence-corrected chi connectivity index (χ2v) is 4.64. The van der Waals surface area contributed by atoms with E-state index in [0.29, 0.717) is 0 Å². The van der Waals surface area contributed by atoms with Crippen molar-refractivity contribution in [2.24, 2.45) is 0 Å². The van der Waals surface area contributed by atoms with Crippen molar-refractivity contribution in [1.82, 2.24) is 0 Å². The molecule has 1 aliphatic rings. The highest BCUT2D eigenvalue weighted by atomic mass is 79.9. The van der Waals surface area contributed by atoms with Gasteiger partial charge in [0.1, 0.15) is 5.82 Å². The molecule has 76 valence electrons. The number of halogens is 2. The average Bonchev–Trinajstić information content (AvgIpc) is 2.63. The van der Waals surface area contributed by atoms with Crippen molar-refractivity contribution >= 4 is 21.6 Å². The van der Waals surface area contributed by atoms with E-state index in [2.05, 4.69) is 20.8 Å². The van der Waals surface area contributed by atoms with Crippen LogP contribution in [0.2, 0.25) is 0 Å². The molecule has 3 heteroatoms. The van der Waals surface area contributed by atoms with Crippen molar-refractivity contribution in [3.8, 4) is 0 Å². The van der Waals surface area contributed by atoms with E-state index in [9.17, 15) is 4.39 Å². The van der Waals surface area contributed by atoms with Gasteiger partial charge in [-0.25, -0.2) is 4.39 Å². The largest absolute Gasteiger partial charge is 0.371 e. The van der Waals surface area contributed by atoms with Gasteiger partial charge in [-0.05, 0) is 31.9 Å². The van der Waals surface area contributed by atoms with E-state index in [1.165, 1.54) is 18.9 Å². The second kappa shape index (κ2) is 3.89. The van der Waals surface area contributed by atoms with Crippen LogP contribution in [0.5, 0.6) is 0 Å². The Hall–Kier alpha value is -0.570. The molecule has 0 N–H and O–H groups in total. The summed E-state index contributed by atoms with van der Waals surface area (Å²) in [6.45, 7) is 3.95. The maximum absolute atomic E-state index is 13.4. The van der Waals surface area contributed by atoms with Gasteiger partial charge in [-0.3, -0.25) is 0 Å². The van der Waals surface area contributed by atoms with Crippen LogP contribution in [0.25, 0.3) is 0 Å². The van der Waals surface area contributed by atoms with Crippen LogP contribution in [0.3, 0.4) is 0 Å². The Kier molecular flexibility index (Phi) is 2.77. The molecule has 0 amide bonds. The number of hydrogen-bond acceptors (Lipinski definition) is 1. The lowest BCUT2D eigenvalue weighted by Crippen LogP contribution is -2.19. The minimum atomic E-state index is -0.124. The fourth-order valence-corrected chi connectivity index (χ4v) is 2.34. The van der Waals surface area contributed by atoms with Gasteiger partial charge in [0.05, 0.1) is 0 Å². The molecule has 0 bridgehead atoms. The van der Waals surface area contributed by atoms with Gasteiger partial charge in [0.15, 0.2) is 0 Å². The van der Waals surface area contributed by atoms with Gasteiger partial charge in [-0.2, -0.15) is 0 Å². The molecule has 0 atom stereocenters. The van der Waals surface area contributed by atoms with Gasteiger partial charge in [-0.1, -0.05) is 15.9 Å². The number of rotatable bonds is 1. The van der Waals surface area contributed by atoms with E-state index in [1.54, 1.807) is 0 Å². The summed E-state index contributed by atoms with van der Waals surface area (Å²) in [4.78, 5) is 2.25. The molecule has 1 aromatic carbocycles. The summed E-state index contributed by atoms with van der Waals surface area (Å²) in [5.74, 6) is -0.124. The van der Waals surface area contributed by atoms with E-state index >= 15 is 0 Å². The first-order chi connectivity index (χ1) is 6.68. The zero-order valence-electron chi connectivity index (χ0n) is 8.19. The molecular formula is C11H13BrFN. The molecule has 1 heterocycles. The van der Waals surface area contributed by atoms with Gasteiger partial charge < -0.3 is 4.90 Å². The zero-order chi connectivity index (χ0) is 10.1. The molecule has 1 nitrogen and oxygen atoms in total. The predicted molar refractivity (Wildman–Crippen MR) is 60.3 cm³/mol. The van der Waals surface area contributed by atoms with Crippen molar-refractivity contribution in [2.75, 3.05) is 18.0 Å². The van der Waals surface area contributed by atoms with Crippen LogP contribution >= 0.6 is 15.9 Å². The van der Waals surface area contributed by atoms with Gasteiger partial charge in [0, 0.05) is 28.8 Å². The molecule has 0 unspecified atom stereocenters. The highest BCUT2D eigenvalue weighted by Gasteiger charge is 2.16. The fourth-order valence-electron chi connectivity index (χ4n) is 1.92. The molecule has 2 rings (SSSR count). The maximum Gasteiger partial charge on any atom is 0.129 e. The first-order valence-corrected chi connectivity index (χ1v) is 5.68. The number of nitrogens with zero attached hydrogens (tertiary/aromatic N) is 1. The molecule has 0 aliphatic carbocycles. The molecule has 0 aromatic heterocycles. The summed E-state index contributed by atoms with van der Waals surface area (Å²) in [6, 6.07) is 3.53. The van der Waals surface area contributed by atoms with Gasteiger partial charge in [-0.15, -0.1) is 0 Å². The molecule has 1 aliphatic heterocycles. The molecule has 0 radical (unpaired) electrons. The number of anilines is 1. The topological polar surface area (TPSA) is 3.24 Å². The summed E-state index contributed by atoms with van der Waals surface area (Å²) in [5, 5.41) is 0. The highest BCUT2D eigenvalue weighted by molar-refractivity contribution is 9.10. The molecule has 14 heavy (non-hydrogen) atoms. The third-order valence-corrected chi connectivity index (χ3v) is 3.19. The van der Waals surface area contributed by atoms with Crippen LogP contribution in [0.1, 0.15) is 18.4 Å². The normalized spacial score (nSPS) is 16.4. The smallest absolute Gasteiger partial charge is 0.129 e.